The van der Waals surface area contributed by atoms with Crippen molar-refractivity contribution in [3.8, 4) is 11.5 Å². The van der Waals surface area contributed by atoms with E-state index in [2.05, 4.69) is 4.98 Å². The number of anilines is 1. The normalized spacial score (nSPS) is 10.4. The summed E-state index contributed by atoms with van der Waals surface area (Å²) in [7, 11) is 3.22. The first-order valence-corrected chi connectivity index (χ1v) is 4.84. The Morgan fingerprint density at radius 3 is 2.71 bits per heavy atom. The quantitative estimate of drug-likeness (QED) is 0.822. The Morgan fingerprint density at radius 1 is 1.29 bits per heavy atom. The second kappa shape index (κ2) is 3.34. The summed E-state index contributed by atoms with van der Waals surface area (Å²) >= 11 is 1.42. The highest BCUT2D eigenvalue weighted by Gasteiger charge is 2.09. The summed E-state index contributed by atoms with van der Waals surface area (Å²) < 4.78 is 11.3. The van der Waals surface area contributed by atoms with Crippen molar-refractivity contribution in [3.63, 3.8) is 0 Å². The molecule has 0 saturated heterocycles. The monoisotopic (exact) mass is 210 g/mol. The van der Waals surface area contributed by atoms with E-state index in [1.807, 2.05) is 6.07 Å². The molecule has 5 heteroatoms. The minimum atomic E-state index is 0.534. The van der Waals surface area contributed by atoms with Gasteiger partial charge in [-0.2, -0.15) is 0 Å². The molecule has 0 radical (unpaired) electrons. The summed E-state index contributed by atoms with van der Waals surface area (Å²) in [6.07, 6.45) is 0. The molecule has 0 spiro atoms. The van der Waals surface area contributed by atoms with Gasteiger partial charge in [0.15, 0.2) is 5.13 Å². The largest absolute Gasteiger partial charge is 0.497 e. The van der Waals surface area contributed by atoms with Crippen LogP contribution in [0.1, 0.15) is 0 Å². The third kappa shape index (κ3) is 1.35. The lowest BCUT2D eigenvalue weighted by molar-refractivity contribution is 0.397. The van der Waals surface area contributed by atoms with E-state index in [4.69, 9.17) is 15.2 Å². The third-order valence-corrected chi connectivity index (χ3v) is 2.74. The summed E-state index contributed by atoms with van der Waals surface area (Å²) in [5.41, 5.74) is 6.40. The van der Waals surface area contributed by atoms with Crippen LogP contribution >= 0.6 is 11.3 Å². The molecule has 4 nitrogen and oxygen atoms in total. The fourth-order valence-corrected chi connectivity index (χ4v) is 2.05. The van der Waals surface area contributed by atoms with Crippen molar-refractivity contribution < 1.29 is 9.47 Å². The van der Waals surface area contributed by atoms with Crippen molar-refractivity contribution >= 4 is 26.7 Å². The van der Waals surface area contributed by atoms with Crippen molar-refractivity contribution in [2.45, 2.75) is 0 Å². The number of hydrogen-bond donors (Lipinski definition) is 1. The Balaban J connectivity index is 2.72. The second-order valence-electron chi connectivity index (χ2n) is 2.73. The zero-order valence-corrected chi connectivity index (χ0v) is 8.72. The van der Waals surface area contributed by atoms with Crippen LogP contribution in [-0.4, -0.2) is 19.2 Å². The van der Waals surface area contributed by atoms with E-state index in [-0.39, 0.29) is 0 Å². The fraction of sp³-hybridized carbons (Fsp3) is 0.222. The number of hydrogen-bond acceptors (Lipinski definition) is 5. The minimum Gasteiger partial charge on any atom is -0.497 e. The van der Waals surface area contributed by atoms with Crippen LogP contribution in [0.4, 0.5) is 5.13 Å². The van der Waals surface area contributed by atoms with E-state index in [1.165, 1.54) is 11.3 Å². The lowest BCUT2D eigenvalue weighted by Gasteiger charge is -2.03. The van der Waals surface area contributed by atoms with Crippen LogP contribution in [0.3, 0.4) is 0 Å². The summed E-state index contributed by atoms with van der Waals surface area (Å²) in [5.74, 6) is 1.44. The van der Waals surface area contributed by atoms with Gasteiger partial charge in [0.1, 0.15) is 17.0 Å². The van der Waals surface area contributed by atoms with Gasteiger partial charge < -0.3 is 15.2 Å². The zero-order chi connectivity index (χ0) is 10.1. The summed E-state index contributed by atoms with van der Waals surface area (Å²) in [6, 6.07) is 3.69. The standard InChI is InChI=1S/C9H10N2O2S/c1-12-5-3-6(13-2)8-7(4-5)14-9(10)11-8/h3-4H,1-2H3,(H2,10,11). The zero-order valence-electron chi connectivity index (χ0n) is 7.90. The van der Waals surface area contributed by atoms with Gasteiger partial charge in [-0.3, -0.25) is 0 Å². The van der Waals surface area contributed by atoms with Gasteiger partial charge in [0.2, 0.25) is 0 Å². The molecule has 0 bridgehead atoms. The molecule has 0 atom stereocenters. The average Bonchev–Trinajstić information content (AvgIpc) is 2.56. The molecule has 0 unspecified atom stereocenters. The first kappa shape index (κ1) is 9.08. The summed E-state index contributed by atoms with van der Waals surface area (Å²) in [4.78, 5) is 4.18. The van der Waals surface area contributed by atoms with E-state index in [9.17, 15) is 0 Å². The molecule has 1 aromatic carbocycles. The van der Waals surface area contributed by atoms with Gasteiger partial charge >= 0.3 is 0 Å². The van der Waals surface area contributed by atoms with Crippen LogP contribution in [0.15, 0.2) is 12.1 Å². The minimum absolute atomic E-state index is 0.534. The van der Waals surface area contributed by atoms with E-state index in [0.29, 0.717) is 10.9 Å². The molecule has 2 rings (SSSR count). The number of nitrogens with two attached hydrogens (primary N) is 1. The van der Waals surface area contributed by atoms with E-state index < -0.39 is 0 Å². The molecule has 1 aromatic heterocycles. The Morgan fingerprint density at radius 2 is 2.07 bits per heavy atom. The lowest BCUT2D eigenvalue weighted by Crippen LogP contribution is -1.88. The number of nitrogen functional groups attached to an aromatic ring is 1. The maximum atomic E-state index is 5.62. The summed E-state index contributed by atoms with van der Waals surface area (Å²) in [5, 5.41) is 0.534. The highest BCUT2D eigenvalue weighted by Crippen LogP contribution is 2.34. The topological polar surface area (TPSA) is 57.4 Å². The van der Waals surface area contributed by atoms with Crippen LogP contribution in [0.25, 0.3) is 10.2 Å². The maximum absolute atomic E-state index is 5.62. The number of fused-ring (bicyclic) bond motifs is 1. The van der Waals surface area contributed by atoms with Gasteiger partial charge in [-0.05, 0) is 6.07 Å². The predicted octanol–water partition coefficient (Wildman–Crippen LogP) is 1.90. The lowest BCUT2D eigenvalue weighted by atomic mass is 10.3. The van der Waals surface area contributed by atoms with Gasteiger partial charge in [0, 0.05) is 6.07 Å². The Labute approximate surface area is 85.3 Å². The average molecular weight is 210 g/mol. The predicted molar refractivity (Wildman–Crippen MR) is 57.1 cm³/mol. The van der Waals surface area contributed by atoms with Crippen LogP contribution in [0.5, 0.6) is 11.5 Å². The molecule has 0 aliphatic heterocycles. The van der Waals surface area contributed by atoms with Gasteiger partial charge in [0.05, 0.1) is 18.9 Å². The number of methoxy groups -OCH3 is 2. The van der Waals surface area contributed by atoms with Gasteiger partial charge in [-0.25, -0.2) is 4.98 Å². The molecule has 2 aromatic rings. The molecule has 0 aliphatic carbocycles. The molecule has 1 heterocycles. The van der Waals surface area contributed by atoms with Crippen LogP contribution < -0.4 is 15.2 Å². The number of thiazole rings is 1. The van der Waals surface area contributed by atoms with Crippen molar-refractivity contribution in [2.75, 3.05) is 20.0 Å². The number of aromatic nitrogens is 1. The number of ether oxygens (including phenoxy) is 2. The SMILES string of the molecule is COc1cc(OC)c2nc(N)sc2c1. The van der Waals surface area contributed by atoms with E-state index in [1.54, 1.807) is 20.3 Å². The highest BCUT2D eigenvalue weighted by atomic mass is 32.1. The molecule has 74 valence electrons. The number of rotatable bonds is 2. The van der Waals surface area contributed by atoms with Gasteiger partial charge in [-0.15, -0.1) is 0 Å². The third-order valence-electron chi connectivity index (χ3n) is 1.91. The summed E-state index contributed by atoms with van der Waals surface area (Å²) in [6.45, 7) is 0. The first-order chi connectivity index (χ1) is 6.74. The smallest absolute Gasteiger partial charge is 0.181 e. The van der Waals surface area contributed by atoms with E-state index >= 15 is 0 Å². The number of benzene rings is 1. The van der Waals surface area contributed by atoms with E-state index in [0.717, 1.165) is 16.0 Å². The van der Waals surface area contributed by atoms with Gasteiger partial charge in [-0.1, -0.05) is 11.3 Å². The van der Waals surface area contributed by atoms with Crippen LogP contribution in [-0.2, 0) is 0 Å². The number of nitrogens with zero attached hydrogens (tertiary/aromatic N) is 1. The molecular formula is C9H10N2O2S. The molecule has 14 heavy (non-hydrogen) atoms. The molecular weight excluding hydrogens is 200 g/mol. The van der Waals surface area contributed by atoms with Crippen LogP contribution in [0.2, 0.25) is 0 Å². The van der Waals surface area contributed by atoms with Crippen molar-refractivity contribution in [1.29, 1.82) is 0 Å². The van der Waals surface area contributed by atoms with Gasteiger partial charge in [0.25, 0.3) is 0 Å². The highest BCUT2D eigenvalue weighted by molar-refractivity contribution is 7.22. The van der Waals surface area contributed by atoms with Crippen molar-refractivity contribution in [1.82, 2.24) is 4.98 Å². The van der Waals surface area contributed by atoms with Crippen molar-refractivity contribution in [2.24, 2.45) is 0 Å². The Hall–Kier alpha value is -1.49. The second-order valence-corrected chi connectivity index (χ2v) is 3.79. The Kier molecular flexibility index (Phi) is 2.17. The molecule has 0 fully saturated rings. The van der Waals surface area contributed by atoms with Crippen molar-refractivity contribution in [3.05, 3.63) is 12.1 Å². The Bertz CT molecular complexity index is 467. The maximum Gasteiger partial charge on any atom is 0.181 e. The fourth-order valence-electron chi connectivity index (χ4n) is 1.27. The molecule has 0 saturated carbocycles. The van der Waals surface area contributed by atoms with Crippen LogP contribution in [0, 0.1) is 0 Å². The molecule has 0 amide bonds. The molecule has 2 N–H and O–H groups in total. The first-order valence-electron chi connectivity index (χ1n) is 4.02. The molecule has 0 aliphatic rings.